The monoisotopic (exact) mass is 490 g/mol. The molecule has 3 heterocycles. The highest BCUT2D eigenvalue weighted by molar-refractivity contribution is 6.34. The van der Waals surface area contributed by atoms with Gasteiger partial charge >= 0.3 is 0 Å². The summed E-state index contributed by atoms with van der Waals surface area (Å²) in [5, 5.41) is 32.1. The molecule has 0 radical (unpaired) electrons. The van der Waals surface area contributed by atoms with Crippen molar-refractivity contribution in [3.63, 3.8) is 0 Å². The van der Waals surface area contributed by atoms with E-state index in [-0.39, 0.29) is 30.5 Å². The number of halogens is 1. The van der Waals surface area contributed by atoms with Crippen molar-refractivity contribution in [3.8, 4) is 0 Å². The van der Waals surface area contributed by atoms with Crippen LogP contribution in [-0.2, 0) is 16.1 Å². The zero-order chi connectivity index (χ0) is 24.6. The van der Waals surface area contributed by atoms with Crippen molar-refractivity contribution in [2.75, 3.05) is 6.61 Å². The Kier molecular flexibility index (Phi) is 6.88. The fourth-order valence-corrected chi connectivity index (χ4v) is 4.60. The van der Waals surface area contributed by atoms with E-state index in [1.54, 1.807) is 29.0 Å². The fourth-order valence-electron chi connectivity index (χ4n) is 4.36. The van der Waals surface area contributed by atoms with E-state index in [9.17, 15) is 20.3 Å². The first-order valence-corrected chi connectivity index (χ1v) is 11.3. The average molecular weight is 491 g/mol. The molecule has 4 rings (SSSR count). The van der Waals surface area contributed by atoms with Gasteiger partial charge < -0.3 is 24.3 Å². The summed E-state index contributed by atoms with van der Waals surface area (Å²) >= 11 is 6.42. The number of hydrogen-bond donors (Lipinski definition) is 2. The number of nitrogens with zero attached hydrogens (tertiary/aromatic N) is 4. The molecule has 2 aromatic heterocycles. The van der Waals surface area contributed by atoms with Crippen LogP contribution >= 0.6 is 11.6 Å². The van der Waals surface area contributed by atoms with E-state index < -0.39 is 34.9 Å². The first-order valence-electron chi connectivity index (χ1n) is 10.9. The molecule has 1 aliphatic rings. The van der Waals surface area contributed by atoms with Crippen LogP contribution in [0.3, 0.4) is 0 Å². The number of aliphatic hydroxyl groups is 2. The number of nitro benzene ring substituents is 1. The third-order valence-electron chi connectivity index (χ3n) is 5.94. The number of rotatable bonds is 7. The predicted molar refractivity (Wildman–Crippen MR) is 124 cm³/mol. The SMILES string of the molecule is CC(C)(C)[C@H](OCc1cn([C@H]2C[C@@H](O)[C@@H](CO)O2)c2ncnc(Cl)c12)c1ccccc1[N+](=O)[O-]. The molecule has 3 aromatic rings. The van der Waals surface area contributed by atoms with Gasteiger partial charge in [-0.2, -0.15) is 0 Å². The van der Waals surface area contributed by atoms with E-state index in [0.29, 0.717) is 22.2 Å². The number of hydrogen-bond acceptors (Lipinski definition) is 8. The predicted octanol–water partition coefficient (Wildman–Crippen LogP) is 3.94. The van der Waals surface area contributed by atoms with Gasteiger partial charge in [0.15, 0.2) is 0 Å². The first kappa shape index (κ1) is 24.5. The van der Waals surface area contributed by atoms with E-state index in [1.807, 2.05) is 20.8 Å². The summed E-state index contributed by atoms with van der Waals surface area (Å²) in [7, 11) is 0. The molecule has 182 valence electrons. The van der Waals surface area contributed by atoms with Gasteiger partial charge in [-0.15, -0.1) is 0 Å². The average Bonchev–Trinajstić information content (AvgIpc) is 3.34. The van der Waals surface area contributed by atoms with Crippen molar-refractivity contribution in [1.82, 2.24) is 14.5 Å². The van der Waals surface area contributed by atoms with Crippen LogP contribution in [0.4, 0.5) is 5.69 Å². The molecule has 4 atom stereocenters. The lowest BCUT2D eigenvalue weighted by Gasteiger charge is -2.30. The minimum absolute atomic E-state index is 0.00499. The zero-order valence-corrected chi connectivity index (χ0v) is 19.8. The Morgan fingerprint density at radius 2 is 2.09 bits per heavy atom. The summed E-state index contributed by atoms with van der Waals surface area (Å²) < 4.78 is 13.9. The van der Waals surface area contributed by atoms with Crippen molar-refractivity contribution in [2.45, 2.75) is 58.3 Å². The van der Waals surface area contributed by atoms with Gasteiger partial charge in [-0.1, -0.05) is 44.5 Å². The largest absolute Gasteiger partial charge is 0.394 e. The smallest absolute Gasteiger partial charge is 0.275 e. The van der Waals surface area contributed by atoms with E-state index in [1.165, 1.54) is 12.4 Å². The number of para-hydroxylation sites is 1. The van der Waals surface area contributed by atoms with Gasteiger partial charge in [0, 0.05) is 24.2 Å². The molecule has 10 nitrogen and oxygen atoms in total. The summed E-state index contributed by atoms with van der Waals surface area (Å²) in [6.07, 6.45) is 0.754. The molecule has 0 saturated carbocycles. The lowest BCUT2D eigenvalue weighted by molar-refractivity contribution is -0.386. The molecule has 0 amide bonds. The minimum Gasteiger partial charge on any atom is -0.394 e. The van der Waals surface area contributed by atoms with Crippen LogP contribution in [0, 0.1) is 15.5 Å². The van der Waals surface area contributed by atoms with Gasteiger partial charge in [-0.3, -0.25) is 10.1 Å². The third-order valence-corrected chi connectivity index (χ3v) is 6.23. The van der Waals surface area contributed by atoms with Crippen LogP contribution in [0.5, 0.6) is 0 Å². The summed E-state index contributed by atoms with van der Waals surface area (Å²) in [6.45, 7) is 5.65. The maximum Gasteiger partial charge on any atom is 0.275 e. The van der Waals surface area contributed by atoms with Crippen LogP contribution in [0.15, 0.2) is 36.8 Å². The molecule has 2 N–H and O–H groups in total. The molecular formula is C23H27ClN4O6. The van der Waals surface area contributed by atoms with Gasteiger partial charge in [0.2, 0.25) is 0 Å². The summed E-state index contributed by atoms with van der Waals surface area (Å²) in [5.41, 5.74) is 1.22. The number of nitro groups is 1. The van der Waals surface area contributed by atoms with Crippen LogP contribution < -0.4 is 0 Å². The first-order chi connectivity index (χ1) is 16.1. The highest BCUT2D eigenvalue weighted by atomic mass is 35.5. The molecule has 1 aliphatic heterocycles. The van der Waals surface area contributed by atoms with Crippen LogP contribution in [0.25, 0.3) is 11.0 Å². The van der Waals surface area contributed by atoms with Gasteiger partial charge in [0.05, 0.1) is 41.3 Å². The molecule has 0 spiro atoms. The fraction of sp³-hybridized carbons (Fsp3) is 0.478. The second kappa shape index (κ2) is 9.55. The molecule has 0 aliphatic carbocycles. The van der Waals surface area contributed by atoms with Gasteiger partial charge in [0.1, 0.15) is 29.5 Å². The van der Waals surface area contributed by atoms with Gasteiger partial charge in [-0.05, 0) is 11.5 Å². The Bertz CT molecular complexity index is 1190. The number of aromatic nitrogens is 3. The minimum atomic E-state index is -0.812. The highest BCUT2D eigenvalue weighted by Gasteiger charge is 2.36. The van der Waals surface area contributed by atoms with Gasteiger partial charge in [0.25, 0.3) is 5.69 Å². The van der Waals surface area contributed by atoms with E-state index in [2.05, 4.69) is 9.97 Å². The number of ether oxygens (including phenoxy) is 2. The van der Waals surface area contributed by atoms with Crippen LogP contribution in [-0.4, -0.2) is 48.5 Å². The third kappa shape index (κ3) is 4.64. The molecule has 1 saturated heterocycles. The van der Waals surface area contributed by atoms with E-state index in [4.69, 9.17) is 21.1 Å². The topological polar surface area (TPSA) is 133 Å². The second-order valence-electron chi connectivity index (χ2n) is 9.41. The lowest BCUT2D eigenvalue weighted by atomic mass is 9.84. The number of fused-ring (bicyclic) bond motifs is 1. The molecule has 0 bridgehead atoms. The van der Waals surface area contributed by atoms with E-state index >= 15 is 0 Å². The highest BCUT2D eigenvalue weighted by Crippen LogP contribution is 2.42. The Labute approximate surface area is 201 Å². The number of aliphatic hydroxyl groups excluding tert-OH is 2. The standard InChI is InChI=1S/C23H27ClN4O6/c1-23(2,3)20(14-6-4-5-7-15(14)28(31)32)33-11-13-9-27(18-8-16(30)17(10-29)34-18)22-19(13)21(24)25-12-26-22/h4-7,9,12,16-18,20,29-30H,8,10-11H2,1-3H3/t16-,17-,18-,20-/m1/s1. The Hall–Kier alpha value is -2.63. The quantitative estimate of drug-likeness (QED) is 0.289. The molecule has 0 unspecified atom stereocenters. The number of benzene rings is 1. The normalized spacial score (nSPS) is 21.8. The molecular weight excluding hydrogens is 464 g/mol. The van der Waals surface area contributed by atoms with Crippen molar-refractivity contribution in [1.29, 1.82) is 0 Å². The molecule has 1 aromatic carbocycles. The van der Waals surface area contributed by atoms with Crippen LogP contribution in [0.1, 0.15) is 50.7 Å². The Morgan fingerprint density at radius 1 is 1.35 bits per heavy atom. The van der Waals surface area contributed by atoms with Crippen molar-refractivity contribution < 1.29 is 24.6 Å². The second-order valence-corrected chi connectivity index (χ2v) is 9.77. The molecule has 1 fully saturated rings. The van der Waals surface area contributed by atoms with Crippen LogP contribution in [0.2, 0.25) is 5.15 Å². The van der Waals surface area contributed by atoms with Crippen molar-refractivity contribution in [3.05, 3.63) is 63.2 Å². The summed E-state index contributed by atoms with van der Waals surface area (Å²) in [6, 6.07) is 6.55. The lowest BCUT2D eigenvalue weighted by Crippen LogP contribution is -2.24. The Balaban J connectivity index is 1.70. The van der Waals surface area contributed by atoms with E-state index in [0.717, 1.165) is 0 Å². The summed E-state index contributed by atoms with van der Waals surface area (Å²) in [4.78, 5) is 19.7. The van der Waals surface area contributed by atoms with Gasteiger partial charge in [-0.25, -0.2) is 9.97 Å². The van der Waals surface area contributed by atoms with Crippen molar-refractivity contribution >= 4 is 28.3 Å². The maximum atomic E-state index is 11.6. The zero-order valence-electron chi connectivity index (χ0n) is 19.1. The molecule has 11 heteroatoms. The van der Waals surface area contributed by atoms with Crippen molar-refractivity contribution in [2.24, 2.45) is 5.41 Å². The summed E-state index contributed by atoms with van der Waals surface area (Å²) in [5.74, 6) is 0. The Morgan fingerprint density at radius 3 is 2.74 bits per heavy atom. The molecule has 34 heavy (non-hydrogen) atoms. The maximum absolute atomic E-state index is 11.6.